The highest BCUT2D eigenvalue weighted by atomic mass is 16.2. The normalized spacial score (nSPS) is 23.1. The number of rotatable bonds is 1. The van der Waals surface area contributed by atoms with Gasteiger partial charge in [-0.15, -0.1) is 0 Å². The van der Waals surface area contributed by atoms with Gasteiger partial charge in [-0.1, -0.05) is 50.3 Å². The number of allylic oxidation sites excluding steroid dienone is 2. The van der Waals surface area contributed by atoms with E-state index in [-0.39, 0.29) is 16.8 Å². The van der Waals surface area contributed by atoms with Crippen molar-refractivity contribution in [3.8, 4) is 0 Å². The molecule has 6 heteroatoms. The Labute approximate surface area is 157 Å². The van der Waals surface area contributed by atoms with Crippen LogP contribution in [0.4, 0.5) is 5.82 Å². The van der Waals surface area contributed by atoms with Crippen LogP contribution in [0, 0.1) is 11.3 Å². The summed E-state index contributed by atoms with van der Waals surface area (Å²) >= 11 is 0. The zero-order chi connectivity index (χ0) is 19.5. The third-order valence-corrected chi connectivity index (χ3v) is 5.62. The first kappa shape index (κ1) is 17.5. The summed E-state index contributed by atoms with van der Waals surface area (Å²) in [5.41, 5.74) is 1.14. The lowest BCUT2D eigenvalue weighted by atomic mass is 9.67. The fourth-order valence-corrected chi connectivity index (χ4v) is 4.40. The van der Waals surface area contributed by atoms with E-state index in [2.05, 4.69) is 11.4 Å². The Morgan fingerprint density at radius 1 is 1.00 bits per heavy atom. The lowest BCUT2D eigenvalue weighted by Crippen LogP contribution is -2.47. The molecule has 0 amide bonds. The van der Waals surface area contributed by atoms with Gasteiger partial charge < -0.3 is 5.32 Å². The smallest absolute Gasteiger partial charge is 0.332 e. The number of nitrogens with zero attached hydrogens (tertiary/aromatic N) is 2. The zero-order valence-corrected chi connectivity index (χ0v) is 15.9. The summed E-state index contributed by atoms with van der Waals surface area (Å²) in [5.74, 6) is -0.272. The Balaban J connectivity index is 2.09. The maximum atomic E-state index is 13.1. The van der Waals surface area contributed by atoms with Crippen molar-refractivity contribution >= 4 is 11.6 Å². The molecule has 2 atom stereocenters. The molecule has 0 fully saturated rings. The molecular weight excluding hydrogens is 342 g/mol. The molecule has 6 nitrogen and oxygen atoms in total. The van der Waals surface area contributed by atoms with E-state index in [1.54, 1.807) is 7.05 Å². The first-order chi connectivity index (χ1) is 12.7. The van der Waals surface area contributed by atoms with Crippen LogP contribution in [0.2, 0.25) is 0 Å². The number of ketones is 1. The van der Waals surface area contributed by atoms with Gasteiger partial charge in [0.15, 0.2) is 0 Å². The molecule has 2 aliphatic rings. The van der Waals surface area contributed by atoms with Crippen molar-refractivity contribution in [3.05, 3.63) is 74.1 Å². The Bertz CT molecular complexity index is 1090. The van der Waals surface area contributed by atoms with Gasteiger partial charge in [-0.3, -0.25) is 18.7 Å². The van der Waals surface area contributed by atoms with Crippen LogP contribution in [-0.4, -0.2) is 14.9 Å². The third-order valence-electron chi connectivity index (χ3n) is 5.62. The Morgan fingerprint density at radius 2 is 1.67 bits per heavy atom. The lowest BCUT2D eigenvalue weighted by molar-refractivity contribution is -0.124. The quantitative estimate of drug-likeness (QED) is 0.840. The summed E-state index contributed by atoms with van der Waals surface area (Å²) < 4.78 is 2.57. The van der Waals surface area contributed by atoms with Gasteiger partial charge in [0, 0.05) is 32.1 Å². The largest absolute Gasteiger partial charge is 0.344 e. The maximum Gasteiger partial charge on any atom is 0.332 e. The van der Waals surface area contributed by atoms with Crippen molar-refractivity contribution in [1.82, 2.24) is 9.13 Å². The van der Waals surface area contributed by atoms with Crippen LogP contribution in [0.5, 0.6) is 0 Å². The van der Waals surface area contributed by atoms with Crippen LogP contribution in [0.25, 0.3) is 0 Å². The Morgan fingerprint density at radius 3 is 2.33 bits per heavy atom. The molecule has 0 saturated carbocycles. The molecule has 1 aromatic carbocycles. The molecule has 2 aromatic rings. The minimum Gasteiger partial charge on any atom is -0.344 e. The molecule has 140 valence electrons. The standard InChI is InChI=1S/C21H23N3O3/c1-21(2)10-13-16(14(25)11-21)15(12-8-6-5-7-9-12)17-18(22-13)23(3)20(27)24(4)19(17)26/h5-10,15-16,22H,11H2,1-4H3/t15-,16-/m1/s1. The van der Waals surface area contributed by atoms with Crippen molar-refractivity contribution in [1.29, 1.82) is 0 Å². The molecule has 0 spiro atoms. The van der Waals surface area contributed by atoms with E-state index in [1.807, 2.05) is 44.2 Å². The summed E-state index contributed by atoms with van der Waals surface area (Å²) in [5, 5.41) is 3.25. The zero-order valence-electron chi connectivity index (χ0n) is 15.9. The number of Topliss-reactive ketones (excluding diaryl/α,β-unsaturated/α-hetero) is 1. The second kappa shape index (κ2) is 5.81. The summed E-state index contributed by atoms with van der Waals surface area (Å²) in [6, 6.07) is 9.60. The number of hydrogen-bond acceptors (Lipinski definition) is 4. The predicted octanol–water partition coefficient (Wildman–Crippen LogP) is 2.14. The second-order valence-corrected chi connectivity index (χ2v) is 8.19. The molecule has 2 heterocycles. The van der Waals surface area contributed by atoms with Gasteiger partial charge in [0.2, 0.25) is 0 Å². The molecular formula is C21H23N3O3. The molecule has 0 bridgehead atoms. The highest BCUT2D eigenvalue weighted by Gasteiger charge is 2.45. The Kier molecular flexibility index (Phi) is 3.77. The summed E-state index contributed by atoms with van der Waals surface area (Å²) in [4.78, 5) is 38.6. The van der Waals surface area contributed by atoms with E-state index in [0.29, 0.717) is 17.8 Å². The van der Waals surface area contributed by atoms with Crippen LogP contribution < -0.4 is 16.6 Å². The Hall–Kier alpha value is -2.89. The third kappa shape index (κ3) is 2.59. The van der Waals surface area contributed by atoms with Crippen LogP contribution >= 0.6 is 0 Å². The fraction of sp³-hybridized carbons (Fsp3) is 0.381. The number of fused-ring (bicyclic) bond motifs is 2. The average molecular weight is 365 g/mol. The topological polar surface area (TPSA) is 73.1 Å². The summed E-state index contributed by atoms with van der Waals surface area (Å²) in [7, 11) is 3.12. The minimum absolute atomic E-state index is 0.111. The first-order valence-corrected chi connectivity index (χ1v) is 9.08. The van der Waals surface area contributed by atoms with Crippen molar-refractivity contribution in [2.24, 2.45) is 25.4 Å². The molecule has 4 rings (SSSR count). The second-order valence-electron chi connectivity index (χ2n) is 8.19. The lowest BCUT2D eigenvalue weighted by Gasteiger charge is -2.41. The number of benzene rings is 1. The number of anilines is 1. The van der Waals surface area contributed by atoms with Crippen molar-refractivity contribution in [2.45, 2.75) is 26.2 Å². The molecule has 1 aliphatic carbocycles. The van der Waals surface area contributed by atoms with Gasteiger partial charge in [-0.25, -0.2) is 4.79 Å². The van der Waals surface area contributed by atoms with Gasteiger partial charge in [0.1, 0.15) is 11.6 Å². The molecule has 0 unspecified atom stereocenters. The highest BCUT2D eigenvalue weighted by Crippen LogP contribution is 2.47. The van der Waals surface area contributed by atoms with Gasteiger partial charge in [0.05, 0.1) is 11.5 Å². The van der Waals surface area contributed by atoms with Crippen LogP contribution in [0.1, 0.15) is 37.3 Å². The number of hydrogen-bond donors (Lipinski definition) is 1. The number of carbonyl (C=O) groups is 1. The van der Waals surface area contributed by atoms with E-state index in [9.17, 15) is 14.4 Å². The highest BCUT2D eigenvalue weighted by molar-refractivity contribution is 5.90. The molecule has 1 N–H and O–H groups in total. The van der Waals surface area contributed by atoms with Crippen molar-refractivity contribution < 1.29 is 4.79 Å². The van der Waals surface area contributed by atoms with E-state index in [1.165, 1.54) is 11.6 Å². The maximum absolute atomic E-state index is 13.1. The van der Waals surface area contributed by atoms with Gasteiger partial charge >= 0.3 is 5.69 Å². The van der Waals surface area contributed by atoms with Gasteiger partial charge in [-0.05, 0) is 11.0 Å². The van der Waals surface area contributed by atoms with Crippen LogP contribution in [0.3, 0.4) is 0 Å². The molecule has 27 heavy (non-hydrogen) atoms. The van der Waals surface area contributed by atoms with E-state index >= 15 is 0 Å². The molecule has 0 radical (unpaired) electrons. The minimum atomic E-state index is -0.446. The number of aromatic nitrogens is 2. The first-order valence-electron chi connectivity index (χ1n) is 9.08. The summed E-state index contributed by atoms with van der Waals surface area (Å²) in [6.07, 6.45) is 2.49. The fourth-order valence-electron chi connectivity index (χ4n) is 4.40. The number of nitrogens with one attached hydrogen (secondary N) is 1. The average Bonchev–Trinajstić information content (AvgIpc) is 2.62. The summed E-state index contributed by atoms with van der Waals surface area (Å²) in [6.45, 7) is 4.04. The van der Waals surface area contributed by atoms with Crippen molar-refractivity contribution in [3.63, 3.8) is 0 Å². The SMILES string of the molecule is Cn1c2c(c(=O)n(C)c1=O)[C@H](c1ccccc1)[C@H]1C(=O)CC(C)(C)C=C1N2. The molecule has 0 saturated heterocycles. The van der Waals surface area contributed by atoms with E-state index in [4.69, 9.17) is 0 Å². The predicted molar refractivity (Wildman–Crippen MR) is 104 cm³/mol. The van der Waals surface area contributed by atoms with Gasteiger partial charge in [0.25, 0.3) is 5.56 Å². The monoisotopic (exact) mass is 365 g/mol. The number of carbonyl (C=O) groups excluding carboxylic acids is 1. The van der Waals surface area contributed by atoms with Crippen molar-refractivity contribution in [2.75, 3.05) is 5.32 Å². The van der Waals surface area contributed by atoms with E-state index < -0.39 is 17.5 Å². The van der Waals surface area contributed by atoms with Crippen LogP contribution in [0.15, 0.2) is 51.7 Å². The molecule has 1 aromatic heterocycles. The molecule has 1 aliphatic heterocycles. The van der Waals surface area contributed by atoms with Crippen LogP contribution in [-0.2, 0) is 18.9 Å². The van der Waals surface area contributed by atoms with Gasteiger partial charge in [-0.2, -0.15) is 0 Å². The van der Waals surface area contributed by atoms with E-state index in [0.717, 1.165) is 15.8 Å².